The van der Waals surface area contributed by atoms with Gasteiger partial charge in [0.05, 0.1) is 0 Å². The molecule has 0 aromatic carbocycles. The van der Waals surface area contributed by atoms with Crippen LogP contribution in [0.2, 0.25) is 0 Å². The Hall–Kier alpha value is -0.570. The van der Waals surface area contributed by atoms with Crippen LogP contribution in [0, 0.1) is 5.92 Å². The quantitative estimate of drug-likeness (QED) is 0.622. The maximum atomic E-state index is 10.7. The molecule has 1 unspecified atom stereocenters. The van der Waals surface area contributed by atoms with Crippen molar-refractivity contribution in [3.05, 3.63) is 0 Å². The summed E-state index contributed by atoms with van der Waals surface area (Å²) >= 11 is 0. The molecule has 1 atom stereocenters. The highest BCUT2D eigenvalue weighted by molar-refractivity contribution is 5.77. The lowest BCUT2D eigenvalue weighted by atomic mass is 9.95. The molecule has 0 aromatic rings. The van der Waals surface area contributed by atoms with Crippen LogP contribution < -0.4 is 5.73 Å². The van der Waals surface area contributed by atoms with Crippen molar-refractivity contribution in [2.75, 3.05) is 0 Å². The van der Waals surface area contributed by atoms with Crippen molar-refractivity contribution in [3.63, 3.8) is 0 Å². The second-order valence-electron chi connectivity index (χ2n) is 4.72. The number of hydrogen-bond acceptors (Lipinski definition) is 2. The molecule has 0 radical (unpaired) electrons. The average Bonchev–Trinajstić information content (AvgIpc) is 2.02. The summed E-state index contributed by atoms with van der Waals surface area (Å²) in [6.45, 7) is 5.98. The van der Waals surface area contributed by atoms with Gasteiger partial charge in [0.1, 0.15) is 5.54 Å². The van der Waals surface area contributed by atoms with Crippen LogP contribution in [0.1, 0.15) is 52.9 Å². The summed E-state index contributed by atoms with van der Waals surface area (Å²) in [4.78, 5) is 10.7. The van der Waals surface area contributed by atoms with Gasteiger partial charge in [-0.25, -0.2) is 0 Å². The van der Waals surface area contributed by atoms with E-state index in [1.807, 2.05) is 0 Å². The number of carbonyl (C=O) groups is 1. The Labute approximate surface area is 86.7 Å². The van der Waals surface area contributed by atoms with Gasteiger partial charge in [-0.1, -0.05) is 39.5 Å². The molecule has 3 N–H and O–H groups in total. The van der Waals surface area contributed by atoms with E-state index >= 15 is 0 Å². The van der Waals surface area contributed by atoms with E-state index in [-0.39, 0.29) is 0 Å². The third kappa shape index (κ3) is 5.97. The molecule has 0 aromatic heterocycles. The van der Waals surface area contributed by atoms with Crippen molar-refractivity contribution in [2.24, 2.45) is 11.7 Å². The third-order valence-corrected chi connectivity index (χ3v) is 2.47. The highest BCUT2D eigenvalue weighted by Crippen LogP contribution is 2.14. The van der Waals surface area contributed by atoms with Crippen LogP contribution in [-0.4, -0.2) is 16.6 Å². The van der Waals surface area contributed by atoms with E-state index in [2.05, 4.69) is 13.8 Å². The molecule has 0 aliphatic rings. The van der Waals surface area contributed by atoms with E-state index < -0.39 is 11.5 Å². The fourth-order valence-electron chi connectivity index (χ4n) is 1.33. The summed E-state index contributed by atoms with van der Waals surface area (Å²) in [7, 11) is 0. The van der Waals surface area contributed by atoms with Gasteiger partial charge in [0, 0.05) is 0 Å². The molecular formula is C11H23NO2. The predicted octanol–water partition coefficient (Wildman–Crippen LogP) is 2.39. The molecular weight excluding hydrogens is 178 g/mol. The summed E-state index contributed by atoms with van der Waals surface area (Å²) in [6.07, 6.45) is 4.95. The topological polar surface area (TPSA) is 63.3 Å². The summed E-state index contributed by atoms with van der Waals surface area (Å²) in [5.74, 6) is -0.167. The minimum absolute atomic E-state index is 0.570. The maximum Gasteiger partial charge on any atom is 0.323 e. The Morgan fingerprint density at radius 3 is 2.36 bits per heavy atom. The van der Waals surface area contributed by atoms with Crippen molar-refractivity contribution in [2.45, 2.75) is 58.4 Å². The van der Waals surface area contributed by atoms with Crippen molar-refractivity contribution in [1.82, 2.24) is 0 Å². The van der Waals surface area contributed by atoms with Crippen molar-refractivity contribution in [1.29, 1.82) is 0 Å². The Morgan fingerprint density at radius 2 is 1.93 bits per heavy atom. The molecule has 0 spiro atoms. The zero-order valence-electron chi connectivity index (χ0n) is 9.55. The minimum atomic E-state index is -1.04. The largest absolute Gasteiger partial charge is 0.480 e. The number of carboxylic acid groups (broad SMARTS) is 1. The monoisotopic (exact) mass is 201 g/mol. The van der Waals surface area contributed by atoms with Gasteiger partial charge in [0.15, 0.2) is 0 Å². The van der Waals surface area contributed by atoms with Crippen LogP contribution in [0.4, 0.5) is 0 Å². The molecule has 3 nitrogen and oxygen atoms in total. The van der Waals surface area contributed by atoms with Crippen LogP contribution in [0.5, 0.6) is 0 Å². The standard InChI is InChI=1S/C11H23NO2/c1-9(2)7-5-4-6-8-11(3,12)10(13)14/h9H,4-8,12H2,1-3H3,(H,13,14). The first-order valence-corrected chi connectivity index (χ1v) is 5.38. The predicted molar refractivity (Wildman–Crippen MR) is 58.2 cm³/mol. The highest BCUT2D eigenvalue weighted by atomic mass is 16.4. The Balaban J connectivity index is 3.49. The SMILES string of the molecule is CC(C)CCCCCC(C)(N)C(=O)O. The van der Waals surface area contributed by atoms with Gasteiger partial charge >= 0.3 is 5.97 Å². The van der Waals surface area contributed by atoms with Crippen LogP contribution in [0.25, 0.3) is 0 Å². The van der Waals surface area contributed by atoms with Gasteiger partial charge in [-0.3, -0.25) is 4.79 Å². The lowest BCUT2D eigenvalue weighted by Gasteiger charge is -2.18. The normalized spacial score (nSPS) is 15.5. The van der Waals surface area contributed by atoms with E-state index in [9.17, 15) is 4.79 Å². The van der Waals surface area contributed by atoms with E-state index in [1.54, 1.807) is 6.92 Å². The number of rotatable bonds is 7. The molecule has 0 aliphatic heterocycles. The molecule has 0 rings (SSSR count). The first-order chi connectivity index (χ1) is 6.36. The van der Waals surface area contributed by atoms with Gasteiger partial charge in [-0.2, -0.15) is 0 Å². The number of nitrogens with two attached hydrogens (primary N) is 1. The molecule has 0 heterocycles. The van der Waals surface area contributed by atoms with Gasteiger partial charge in [0.25, 0.3) is 0 Å². The van der Waals surface area contributed by atoms with E-state index in [0.717, 1.165) is 18.8 Å². The second kappa shape index (κ2) is 6.02. The minimum Gasteiger partial charge on any atom is -0.480 e. The zero-order chi connectivity index (χ0) is 11.2. The van der Waals surface area contributed by atoms with Gasteiger partial charge < -0.3 is 10.8 Å². The van der Waals surface area contributed by atoms with Crippen molar-refractivity contribution in [3.8, 4) is 0 Å². The number of hydrogen-bond donors (Lipinski definition) is 2. The van der Waals surface area contributed by atoms with E-state index in [1.165, 1.54) is 12.8 Å². The molecule has 0 bridgehead atoms. The fourth-order valence-corrected chi connectivity index (χ4v) is 1.33. The number of aliphatic carboxylic acids is 1. The number of carboxylic acids is 1. The molecule has 84 valence electrons. The zero-order valence-corrected chi connectivity index (χ0v) is 9.55. The fraction of sp³-hybridized carbons (Fsp3) is 0.909. The Morgan fingerprint density at radius 1 is 1.36 bits per heavy atom. The van der Waals surface area contributed by atoms with Crippen LogP contribution in [0.3, 0.4) is 0 Å². The van der Waals surface area contributed by atoms with Gasteiger partial charge in [-0.15, -0.1) is 0 Å². The van der Waals surface area contributed by atoms with Crippen LogP contribution in [0.15, 0.2) is 0 Å². The van der Waals surface area contributed by atoms with Gasteiger partial charge in [-0.05, 0) is 19.3 Å². The first-order valence-electron chi connectivity index (χ1n) is 5.38. The molecule has 0 saturated carbocycles. The number of unbranched alkanes of at least 4 members (excludes halogenated alkanes) is 2. The summed E-state index contributed by atoms with van der Waals surface area (Å²) in [5, 5.41) is 8.76. The molecule has 0 saturated heterocycles. The summed E-state index contributed by atoms with van der Waals surface area (Å²) < 4.78 is 0. The Kier molecular flexibility index (Phi) is 5.77. The summed E-state index contributed by atoms with van der Waals surface area (Å²) in [5.41, 5.74) is 4.56. The molecule has 0 aliphatic carbocycles. The van der Waals surface area contributed by atoms with E-state index in [4.69, 9.17) is 10.8 Å². The smallest absolute Gasteiger partial charge is 0.323 e. The van der Waals surface area contributed by atoms with Crippen LogP contribution in [-0.2, 0) is 4.79 Å². The molecule has 3 heteroatoms. The van der Waals surface area contributed by atoms with Crippen LogP contribution >= 0.6 is 0 Å². The first kappa shape index (κ1) is 13.4. The Bertz CT molecular complexity index is 176. The lowest BCUT2D eigenvalue weighted by Crippen LogP contribution is -2.44. The molecule has 14 heavy (non-hydrogen) atoms. The van der Waals surface area contributed by atoms with E-state index in [0.29, 0.717) is 6.42 Å². The van der Waals surface area contributed by atoms with Crippen molar-refractivity contribution < 1.29 is 9.90 Å². The van der Waals surface area contributed by atoms with Crippen molar-refractivity contribution >= 4 is 5.97 Å². The summed E-state index contributed by atoms with van der Waals surface area (Å²) in [6, 6.07) is 0. The maximum absolute atomic E-state index is 10.7. The molecule has 0 amide bonds. The highest BCUT2D eigenvalue weighted by Gasteiger charge is 2.26. The molecule has 0 fully saturated rings. The third-order valence-electron chi connectivity index (χ3n) is 2.47. The second-order valence-corrected chi connectivity index (χ2v) is 4.72. The van der Waals surface area contributed by atoms with Gasteiger partial charge in [0.2, 0.25) is 0 Å². The average molecular weight is 201 g/mol. The lowest BCUT2D eigenvalue weighted by molar-refractivity contribution is -0.142.